The van der Waals surface area contributed by atoms with E-state index >= 15 is 0 Å². The molecule has 0 saturated carbocycles. The number of hydrogen-bond acceptors (Lipinski definition) is 7. The first-order valence-corrected chi connectivity index (χ1v) is 7.11. The number of benzene rings is 1. The Morgan fingerprint density at radius 3 is 2.52 bits per heavy atom. The molecule has 2 aromatic heterocycles. The van der Waals surface area contributed by atoms with E-state index in [1.54, 1.807) is 15.9 Å². The smallest absolute Gasteiger partial charge is 0.258 e. The molecule has 0 bridgehead atoms. The Bertz CT molecular complexity index is 908. The predicted molar refractivity (Wildman–Crippen MR) is 75.6 cm³/mol. The van der Waals surface area contributed by atoms with Crippen molar-refractivity contribution < 1.29 is 9.96 Å². The maximum atomic E-state index is 10.6. The van der Waals surface area contributed by atoms with Gasteiger partial charge in [-0.1, -0.05) is 0 Å². The molecule has 0 amide bonds. The van der Waals surface area contributed by atoms with Crippen LogP contribution in [0.5, 0.6) is 0 Å². The fourth-order valence-corrected chi connectivity index (χ4v) is 3.63. The van der Waals surface area contributed by atoms with Crippen molar-refractivity contribution in [1.29, 1.82) is 0 Å². The Hall–Kier alpha value is -2.66. The van der Waals surface area contributed by atoms with Crippen molar-refractivity contribution in [3.63, 3.8) is 0 Å². The van der Waals surface area contributed by atoms with Gasteiger partial charge >= 0.3 is 4.80 Å². The van der Waals surface area contributed by atoms with Gasteiger partial charge < -0.3 is 0 Å². The molecule has 0 N–H and O–H groups in total. The maximum absolute atomic E-state index is 10.6. The van der Waals surface area contributed by atoms with E-state index in [0.717, 1.165) is 22.8 Å². The number of thiazole rings is 1. The van der Waals surface area contributed by atoms with E-state index in [1.807, 2.05) is 5.38 Å². The van der Waals surface area contributed by atoms with E-state index in [1.165, 1.54) is 23.5 Å². The van der Waals surface area contributed by atoms with Crippen LogP contribution in [0.25, 0.3) is 16.2 Å². The summed E-state index contributed by atoms with van der Waals surface area (Å²) >= 11 is 2.35. The number of rotatable bonds is 3. The lowest BCUT2D eigenvalue weighted by atomic mass is 10.1. The number of nitrogens with zero attached hydrogens (tertiary/aromatic N) is 5. The Morgan fingerprint density at radius 1 is 1.19 bits per heavy atom. The third-order valence-electron chi connectivity index (χ3n) is 2.57. The summed E-state index contributed by atoms with van der Waals surface area (Å²) < 4.78 is 1.70. The molecule has 0 saturated heterocycles. The molecule has 2 heterocycles. The largest absolute Gasteiger partial charge is 0.300 e. The molecule has 0 aliphatic carbocycles. The van der Waals surface area contributed by atoms with Gasteiger partial charge in [0.25, 0.3) is 5.69 Å². The van der Waals surface area contributed by atoms with Crippen LogP contribution in [0.15, 0.2) is 34.7 Å². The second kappa shape index (κ2) is 5.03. The van der Waals surface area contributed by atoms with E-state index in [0.29, 0.717) is 4.96 Å². The highest BCUT2D eigenvalue weighted by Gasteiger charge is 2.12. The Labute approximate surface area is 123 Å². The molecule has 0 aliphatic rings. The molecule has 3 rings (SSSR count). The minimum Gasteiger partial charge on any atom is -0.258 e. The lowest BCUT2D eigenvalue weighted by Crippen LogP contribution is -2.01. The molecule has 1 aromatic carbocycles. The highest BCUT2D eigenvalue weighted by Crippen LogP contribution is 2.27. The van der Waals surface area contributed by atoms with Crippen LogP contribution in [0, 0.1) is 20.2 Å². The first kappa shape index (κ1) is 13.3. The average molecular weight is 323 g/mol. The summed E-state index contributed by atoms with van der Waals surface area (Å²) in [5.74, 6) is 0. The van der Waals surface area contributed by atoms with Crippen LogP contribution in [0.4, 0.5) is 5.69 Å². The number of non-ortho nitro benzene ring substituents is 1. The molecule has 0 fully saturated rings. The van der Waals surface area contributed by atoms with Crippen LogP contribution in [0.2, 0.25) is 0 Å². The normalized spacial score (nSPS) is 11.9. The van der Waals surface area contributed by atoms with Gasteiger partial charge in [0, 0.05) is 23.1 Å². The summed E-state index contributed by atoms with van der Waals surface area (Å²) in [6.45, 7) is 0. The molecule has 0 spiro atoms. The van der Waals surface area contributed by atoms with Crippen molar-refractivity contribution in [3.8, 4) is 11.3 Å². The van der Waals surface area contributed by atoms with Crippen LogP contribution in [-0.2, 0) is 0 Å². The monoisotopic (exact) mass is 323 g/mol. The van der Waals surface area contributed by atoms with Gasteiger partial charge in [0.1, 0.15) is 0 Å². The molecule has 21 heavy (non-hydrogen) atoms. The van der Waals surface area contributed by atoms with Crippen LogP contribution in [-0.4, -0.2) is 18.7 Å². The Kier molecular flexibility index (Phi) is 3.19. The zero-order valence-corrected chi connectivity index (χ0v) is 11.7. The SMILES string of the molecule is O=[N+]([O-])/N=c1/nc2scc(-c3ccc([N+](=O)[O-])cc3)n2s1. The van der Waals surface area contributed by atoms with Gasteiger partial charge in [-0.2, -0.15) is 4.98 Å². The van der Waals surface area contributed by atoms with Crippen molar-refractivity contribution in [2.75, 3.05) is 0 Å². The van der Waals surface area contributed by atoms with Crippen molar-refractivity contribution in [1.82, 2.24) is 8.77 Å². The zero-order valence-electron chi connectivity index (χ0n) is 10.1. The van der Waals surface area contributed by atoms with E-state index < -0.39 is 9.96 Å². The van der Waals surface area contributed by atoms with E-state index in [4.69, 9.17) is 0 Å². The minimum absolute atomic E-state index is 0.00330. The summed E-state index contributed by atoms with van der Waals surface area (Å²) in [6.07, 6.45) is 0. The van der Waals surface area contributed by atoms with Gasteiger partial charge in [-0.15, -0.1) is 11.3 Å². The third-order valence-corrected chi connectivity index (χ3v) is 4.40. The highest BCUT2D eigenvalue weighted by atomic mass is 32.1. The predicted octanol–water partition coefficient (Wildman–Crippen LogP) is 2.12. The van der Waals surface area contributed by atoms with Gasteiger partial charge in [0.05, 0.1) is 15.7 Å². The topological polar surface area (TPSA) is 116 Å². The summed E-state index contributed by atoms with van der Waals surface area (Å²) in [5, 5.41) is 25.2. The maximum Gasteiger partial charge on any atom is 0.300 e. The average Bonchev–Trinajstić information content (AvgIpc) is 2.97. The second-order valence-electron chi connectivity index (χ2n) is 3.83. The second-order valence-corrected chi connectivity index (χ2v) is 5.57. The van der Waals surface area contributed by atoms with E-state index in [9.17, 15) is 20.2 Å². The highest BCUT2D eigenvalue weighted by molar-refractivity contribution is 7.17. The standard InChI is InChI=1S/C10H5N5O4S2/c16-14(17)7-3-1-6(2-4-7)8-5-20-10-11-9(12-15(18)19)21-13(8)10/h1-5H/b12-9-. The minimum atomic E-state index is -0.797. The van der Waals surface area contributed by atoms with Crippen LogP contribution < -0.4 is 4.80 Å². The molecular weight excluding hydrogens is 318 g/mol. The number of aromatic nitrogens is 2. The molecule has 0 unspecified atom stereocenters. The zero-order chi connectivity index (χ0) is 15.0. The molecule has 0 aliphatic heterocycles. The lowest BCUT2D eigenvalue weighted by molar-refractivity contribution is -0.490. The van der Waals surface area contributed by atoms with Crippen LogP contribution >= 0.6 is 22.9 Å². The van der Waals surface area contributed by atoms with Crippen molar-refractivity contribution in [2.45, 2.75) is 0 Å². The third kappa shape index (κ3) is 2.51. The van der Waals surface area contributed by atoms with Gasteiger partial charge in [-0.05, 0) is 23.7 Å². The number of fused-ring (bicyclic) bond motifs is 1. The molecule has 9 nitrogen and oxygen atoms in total. The van der Waals surface area contributed by atoms with Crippen LogP contribution in [0.1, 0.15) is 0 Å². The van der Waals surface area contributed by atoms with E-state index in [2.05, 4.69) is 10.1 Å². The number of nitro benzene ring substituents is 1. The Balaban J connectivity index is 2.09. The summed E-state index contributed by atoms with van der Waals surface area (Å²) in [5.41, 5.74) is 1.52. The van der Waals surface area contributed by atoms with E-state index in [-0.39, 0.29) is 10.5 Å². The Morgan fingerprint density at radius 2 is 1.90 bits per heavy atom. The molecule has 3 aromatic rings. The van der Waals surface area contributed by atoms with Crippen molar-refractivity contribution in [2.24, 2.45) is 5.10 Å². The lowest BCUT2D eigenvalue weighted by Gasteiger charge is -1.98. The summed E-state index contributed by atoms with van der Waals surface area (Å²) in [6, 6.07) is 6.05. The van der Waals surface area contributed by atoms with Crippen LogP contribution in [0.3, 0.4) is 0 Å². The van der Waals surface area contributed by atoms with Gasteiger partial charge in [-0.25, -0.2) is 13.9 Å². The van der Waals surface area contributed by atoms with Crippen molar-refractivity contribution >= 4 is 33.5 Å². The van der Waals surface area contributed by atoms with Gasteiger partial charge in [0.15, 0.2) is 5.03 Å². The molecule has 0 atom stereocenters. The number of hydrogen-bond donors (Lipinski definition) is 0. The molecular formula is C10H5N5O4S2. The number of nitro groups is 2. The first-order valence-electron chi connectivity index (χ1n) is 5.46. The van der Waals surface area contributed by atoms with Gasteiger partial charge in [0.2, 0.25) is 4.96 Å². The molecule has 11 heteroatoms. The molecule has 106 valence electrons. The van der Waals surface area contributed by atoms with Gasteiger partial charge in [-0.3, -0.25) is 10.1 Å². The summed E-state index contributed by atoms with van der Waals surface area (Å²) in [7, 11) is 0. The molecule has 0 radical (unpaired) electrons. The first-order chi connectivity index (χ1) is 10.0. The fraction of sp³-hybridized carbons (Fsp3) is 0. The summed E-state index contributed by atoms with van der Waals surface area (Å²) in [4.78, 5) is 25.2. The fourth-order valence-electron chi connectivity index (χ4n) is 1.70. The quantitative estimate of drug-likeness (QED) is 0.540. The van der Waals surface area contributed by atoms with Crippen molar-refractivity contribution in [3.05, 3.63) is 54.7 Å².